The molecular weight excluding hydrogens is 256 g/mol. The Bertz CT molecular complexity index is 519. The molecule has 2 heterocycles. The van der Waals surface area contributed by atoms with E-state index in [9.17, 15) is 9.59 Å². The molecule has 0 saturated carbocycles. The van der Waals surface area contributed by atoms with E-state index in [4.69, 9.17) is 4.74 Å². The molecule has 1 N–H and O–H groups in total. The largest absolute Gasteiger partial charge is 0.488 e. The fraction of sp³-hybridized carbons (Fsp3) is 0.467. The molecule has 2 aliphatic heterocycles. The lowest BCUT2D eigenvalue weighted by atomic mass is 10.1. The second-order valence-electron chi connectivity index (χ2n) is 5.30. The second kappa shape index (κ2) is 5.15. The van der Waals surface area contributed by atoms with Gasteiger partial charge in [-0.25, -0.2) is 0 Å². The number of para-hydroxylation sites is 1. The molecule has 1 aromatic carbocycles. The zero-order valence-electron chi connectivity index (χ0n) is 11.5. The van der Waals surface area contributed by atoms with Gasteiger partial charge in [-0.15, -0.1) is 0 Å². The van der Waals surface area contributed by atoms with Gasteiger partial charge in [-0.2, -0.15) is 0 Å². The maximum Gasteiger partial charge on any atom is 0.245 e. The number of carbonyl (C=O) groups is 2. The number of rotatable bonds is 3. The van der Waals surface area contributed by atoms with Crippen molar-refractivity contribution in [3.05, 3.63) is 29.8 Å². The number of piperazine rings is 1. The van der Waals surface area contributed by atoms with Gasteiger partial charge in [0.25, 0.3) is 0 Å². The van der Waals surface area contributed by atoms with Crippen LogP contribution in [0.25, 0.3) is 0 Å². The Morgan fingerprint density at radius 1 is 1.35 bits per heavy atom. The topological polar surface area (TPSA) is 58.6 Å². The molecule has 0 bridgehead atoms. The maximum absolute atomic E-state index is 12.2. The molecule has 0 spiro atoms. The molecule has 0 aromatic heterocycles. The van der Waals surface area contributed by atoms with Gasteiger partial charge in [0.1, 0.15) is 17.9 Å². The standard InChI is InChI=1S/C15H18N2O3/c1-2-12-15(19)17(9-14(18)16-12)8-11-7-10-5-3-4-6-13(10)20-11/h3-6,11-12H,2,7-9H2,1H3,(H,16,18). The van der Waals surface area contributed by atoms with Crippen LogP contribution in [0.4, 0.5) is 0 Å². The van der Waals surface area contributed by atoms with Crippen molar-refractivity contribution < 1.29 is 14.3 Å². The summed E-state index contributed by atoms with van der Waals surface area (Å²) < 4.78 is 5.84. The van der Waals surface area contributed by atoms with Gasteiger partial charge in [0.2, 0.25) is 11.8 Å². The molecule has 1 aromatic rings. The molecule has 1 saturated heterocycles. The van der Waals surface area contributed by atoms with Crippen molar-refractivity contribution in [2.45, 2.75) is 31.9 Å². The van der Waals surface area contributed by atoms with E-state index in [1.165, 1.54) is 5.56 Å². The Morgan fingerprint density at radius 3 is 2.90 bits per heavy atom. The predicted octanol–water partition coefficient (Wildman–Crippen LogP) is 0.727. The zero-order chi connectivity index (χ0) is 14.1. The highest BCUT2D eigenvalue weighted by Gasteiger charge is 2.34. The van der Waals surface area contributed by atoms with Crippen LogP contribution < -0.4 is 10.1 Å². The Balaban J connectivity index is 1.67. The summed E-state index contributed by atoms with van der Waals surface area (Å²) in [6, 6.07) is 7.51. The molecule has 2 unspecified atom stereocenters. The molecule has 2 amide bonds. The van der Waals surface area contributed by atoms with E-state index < -0.39 is 0 Å². The Kier molecular flexibility index (Phi) is 3.34. The second-order valence-corrected chi connectivity index (χ2v) is 5.30. The van der Waals surface area contributed by atoms with Crippen LogP contribution in [-0.4, -0.2) is 41.9 Å². The molecule has 1 fully saturated rings. The average Bonchev–Trinajstić information content (AvgIpc) is 2.84. The van der Waals surface area contributed by atoms with Gasteiger partial charge in [0.05, 0.1) is 13.1 Å². The highest BCUT2D eigenvalue weighted by Crippen LogP contribution is 2.28. The van der Waals surface area contributed by atoms with Gasteiger partial charge < -0.3 is 15.0 Å². The van der Waals surface area contributed by atoms with Crippen LogP contribution in [0.5, 0.6) is 5.75 Å². The van der Waals surface area contributed by atoms with Crippen molar-refractivity contribution in [2.24, 2.45) is 0 Å². The lowest BCUT2D eigenvalue weighted by Gasteiger charge is -2.33. The molecule has 20 heavy (non-hydrogen) atoms. The summed E-state index contributed by atoms with van der Waals surface area (Å²) in [5.41, 5.74) is 1.17. The van der Waals surface area contributed by atoms with E-state index >= 15 is 0 Å². The SMILES string of the molecule is CCC1NC(=O)CN(CC2Cc3ccccc3O2)C1=O. The number of amides is 2. The van der Waals surface area contributed by atoms with Crippen molar-refractivity contribution in [1.29, 1.82) is 0 Å². The van der Waals surface area contributed by atoms with E-state index in [1.807, 2.05) is 31.2 Å². The molecule has 0 aliphatic carbocycles. The van der Waals surface area contributed by atoms with Gasteiger partial charge in [0.15, 0.2) is 0 Å². The van der Waals surface area contributed by atoms with Crippen LogP contribution in [0.3, 0.4) is 0 Å². The third-order valence-corrected chi connectivity index (χ3v) is 3.83. The van der Waals surface area contributed by atoms with E-state index in [2.05, 4.69) is 5.32 Å². The lowest BCUT2D eigenvalue weighted by molar-refractivity contribution is -0.145. The Morgan fingerprint density at radius 2 is 2.15 bits per heavy atom. The molecule has 2 aliphatic rings. The summed E-state index contributed by atoms with van der Waals surface area (Å²) in [4.78, 5) is 25.5. The highest BCUT2D eigenvalue weighted by molar-refractivity contribution is 5.94. The highest BCUT2D eigenvalue weighted by atomic mass is 16.5. The van der Waals surface area contributed by atoms with Gasteiger partial charge in [-0.3, -0.25) is 9.59 Å². The zero-order valence-corrected chi connectivity index (χ0v) is 11.5. The van der Waals surface area contributed by atoms with E-state index in [0.29, 0.717) is 13.0 Å². The van der Waals surface area contributed by atoms with Crippen molar-refractivity contribution in [3.8, 4) is 5.75 Å². The molecule has 0 radical (unpaired) electrons. The lowest BCUT2D eigenvalue weighted by Crippen LogP contribution is -2.59. The summed E-state index contributed by atoms with van der Waals surface area (Å²) in [6.07, 6.45) is 1.35. The van der Waals surface area contributed by atoms with E-state index in [0.717, 1.165) is 12.2 Å². The van der Waals surface area contributed by atoms with Gasteiger partial charge in [-0.1, -0.05) is 25.1 Å². The van der Waals surface area contributed by atoms with Crippen molar-refractivity contribution in [1.82, 2.24) is 10.2 Å². The summed E-state index contributed by atoms with van der Waals surface area (Å²) in [7, 11) is 0. The number of hydrogen-bond donors (Lipinski definition) is 1. The number of benzene rings is 1. The first-order valence-corrected chi connectivity index (χ1v) is 7.00. The summed E-state index contributed by atoms with van der Waals surface area (Å²) in [5, 5.41) is 2.72. The molecule has 106 valence electrons. The van der Waals surface area contributed by atoms with Crippen LogP contribution in [0.2, 0.25) is 0 Å². The van der Waals surface area contributed by atoms with Gasteiger partial charge in [0, 0.05) is 6.42 Å². The van der Waals surface area contributed by atoms with E-state index in [1.54, 1.807) is 4.90 Å². The Labute approximate surface area is 117 Å². The summed E-state index contributed by atoms with van der Waals surface area (Å²) in [6.45, 7) is 2.50. The minimum Gasteiger partial charge on any atom is -0.488 e. The number of hydrogen-bond acceptors (Lipinski definition) is 3. The van der Waals surface area contributed by atoms with Gasteiger partial charge in [-0.05, 0) is 18.1 Å². The third-order valence-electron chi connectivity index (χ3n) is 3.83. The normalized spacial score (nSPS) is 25.1. The van der Waals surface area contributed by atoms with Crippen LogP contribution in [0, 0.1) is 0 Å². The summed E-state index contributed by atoms with van der Waals surface area (Å²) >= 11 is 0. The first-order chi connectivity index (χ1) is 9.67. The van der Waals surface area contributed by atoms with Crippen LogP contribution >= 0.6 is 0 Å². The molecule has 3 rings (SSSR count). The molecule has 2 atom stereocenters. The minimum atomic E-state index is -0.389. The Hall–Kier alpha value is -2.04. The van der Waals surface area contributed by atoms with Gasteiger partial charge >= 0.3 is 0 Å². The van der Waals surface area contributed by atoms with Crippen molar-refractivity contribution in [3.63, 3.8) is 0 Å². The molecule has 5 heteroatoms. The first kappa shape index (κ1) is 13.0. The van der Waals surface area contributed by atoms with Crippen LogP contribution in [-0.2, 0) is 16.0 Å². The quantitative estimate of drug-likeness (QED) is 0.884. The average molecular weight is 274 g/mol. The number of nitrogens with zero attached hydrogens (tertiary/aromatic N) is 1. The van der Waals surface area contributed by atoms with Crippen LogP contribution in [0.1, 0.15) is 18.9 Å². The number of fused-ring (bicyclic) bond motifs is 1. The third kappa shape index (κ3) is 2.35. The fourth-order valence-electron chi connectivity index (χ4n) is 2.81. The molecular formula is C15H18N2O3. The number of ether oxygens (including phenoxy) is 1. The predicted molar refractivity (Wildman–Crippen MR) is 73.4 cm³/mol. The van der Waals surface area contributed by atoms with E-state index in [-0.39, 0.29) is 30.5 Å². The first-order valence-electron chi connectivity index (χ1n) is 7.00. The minimum absolute atomic E-state index is 0.00773. The maximum atomic E-state index is 12.2. The monoisotopic (exact) mass is 274 g/mol. The number of nitrogens with one attached hydrogen (secondary N) is 1. The van der Waals surface area contributed by atoms with Crippen LogP contribution in [0.15, 0.2) is 24.3 Å². The van der Waals surface area contributed by atoms with Crippen molar-refractivity contribution in [2.75, 3.05) is 13.1 Å². The fourth-order valence-corrected chi connectivity index (χ4v) is 2.81. The smallest absolute Gasteiger partial charge is 0.245 e. The molecule has 5 nitrogen and oxygen atoms in total. The summed E-state index contributed by atoms with van der Waals surface area (Å²) in [5.74, 6) is 0.789. The van der Waals surface area contributed by atoms with Crippen molar-refractivity contribution >= 4 is 11.8 Å². The number of carbonyl (C=O) groups excluding carboxylic acids is 2.